The Bertz CT molecular complexity index is 1630. The molecular weight excluding hydrogens is 523 g/mol. The summed E-state index contributed by atoms with van der Waals surface area (Å²) in [6.45, 7) is 4.79. The van der Waals surface area contributed by atoms with Gasteiger partial charge in [0.1, 0.15) is 17.0 Å². The first kappa shape index (κ1) is 27.4. The lowest BCUT2D eigenvalue weighted by Crippen LogP contribution is -2.39. The minimum atomic E-state index is -0.706. The van der Waals surface area contributed by atoms with Crippen LogP contribution >= 0.6 is 0 Å². The van der Waals surface area contributed by atoms with Gasteiger partial charge in [-0.3, -0.25) is 23.6 Å². The lowest BCUT2D eigenvalue weighted by molar-refractivity contribution is 0.0884. The molecule has 0 radical (unpaired) electrons. The Hall–Kier alpha value is -4.17. The van der Waals surface area contributed by atoms with E-state index in [0.29, 0.717) is 31.0 Å². The number of aromatic amines is 1. The summed E-state index contributed by atoms with van der Waals surface area (Å²) in [6, 6.07) is 4.01. The van der Waals surface area contributed by atoms with Crippen molar-refractivity contribution in [3.8, 4) is 11.5 Å². The van der Waals surface area contributed by atoms with Gasteiger partial charge in [-0.25, -0.2) is 19.4 Å². The molecule has 1 saturated carbocycles. The third-order valence-corrected chi connectivity index (χ3v) is 6.66. The fourth-order valence-electron chi connectivity index (χ4n) is 4.61. The lowest BCUT2D eigenvalue weighted by Gasteiger charge is -2.23. The zero-order valence-corrected chi connectivity index (χ0v) is 22.3. The summed E-state index contributed by atoms with van der Waals surface area (Å²) in [4.78, 5) is 52.6. The standard InChI is InChI=1S/C26H31FN8O5/c1-3-9-33-23-21(25(38)35(26(33)39)17-6-7-17)29-22(30-23)18-14-20(34(4-2)31-18)32(10-12-40-13-11-36)24(37)16-5-8-19(27)28-15-16/h5,8,14-15,17,36H,3-4,6-7,9-13H2,1-2H3,(H,29,30). The van der Waals surface area contributed by atoms with E-state index in [4.69, 9.17) is 9.84 Å². The van der Waals surface area contributed by atoms with E-state index in [1.54, 1.807) is 10.7 Å². The quantitative estimate of drug-likeness (QED) is 0.198. The minimum Gasteiger partial charge on any atom is -0.394 e. The number of pyridine rings is 1. The Morgan fingerprint density at radius 2 is 2.05 bits per heavy atom. The number of anilines is 1. The van der Waals surface area contributed by atoms with Crippen molar-refractivity contribution in [1.82, 2.24) is 33.9 Å². The Morgan fingerprint density at radius 1 is 1.25 bits per heavy atom. The topological polar surface area (TPSA) is 153 Å². The Balaban J connectivity index is 1.58. The van der Waals surface area contributed by atoms with Crippen LogP contribution in [0.4, 0.5) is 10.2 Å². The molecule has 1 fully saturated rings. The number of rotatable bonds is 12. The maximum absolute atomic E-state index is 13.5. The summed E-state index contributed by atoms with van der Waals surface area (Å²) in [6.07, 6.45) is 3.41. The predicted molar refractivity (Wildman–Crippen MR) is 144 cm³/mol. The van der Waals surface area contributed by atoms with Crippen molar-refractivity contribution in [2.45, 2.75) is 52.2 Å². The van der Waals surface area contributed by atoms with Gasteiger partial charge >= 0.3 is 5.69 Å². The Kier molecular flexibility index (Phi) is 7.89. The highest BCUT2D eigenvalue weighted by Crippen LogP contribution is 2.32. The van der Waals surface area contributed by atoms with Gasteiger partial charge in [-0.1, -0.05) is 6.92 Å². The maximum atomic E-state index is 13.5. The molecule has 0 saturated heterocycles. The first-order valence-corrected chi connectivity index (χ1v) is 13.3. The van der Waals surface area contributed by atoms with Gasteiger partial charge in [0.05, 0.1) is 31.9 Å². The summed E-state index contributed by atoms with van der Waals surface area (Å²) in [5.41, 5.74) is 0.246. The first-order valence-electron chi connectivity index (χ1n) is 13.3. The third kappa shape index (κ3) is 5.19. The second kappa shape index (κ2) is 11.5. The van der Waals surface area contributed by atoms with Crippen LogP contribution in [-0.4, -0.2) is 71.2 Å². The highest BCUT2D eigenvalue weighted by atomic mass is 19.1. The van der Waals surface area contributed by atoms with Gasteiger partial charge in [0, 0.05) is 31.4 Å². The number of nitrogens with one attached hydrogen (secondary N) is 1. The Labute approximate surface area is 227 Å². The molecule has 0 unspecified atom stereocenters. The monoisotopic (exact) mass is 554 g/mol. The van der Waals surface area contributed by atoms with Crippen LogP contribution in [0.5, 0.6) is 0 Å². The third-order valence-electron chi connectivity index (χ3n) is 6.66. The number of carbonyl (C=O) groups excluding carboxylic acids is 1. The Morgan fingerprint density at radius 3 is 2.70 bits per heavy atom. The number of aliphatic hydroxyl groups excluding tert-OH is 1. The number of aromatic nitrogens is 7. The highest BCUT2D eigenvalue weighted by molar-refractivity contribution is 6.05. The van der Waals surface area contributed by atoms with Crippen molar-refractivity contribution in [2.24, 2.45) is 0 Å². The normalized spacial score (nSPS) is 13.3. The molecule has 0 spiro atoms. The lowest BCUT2D eigenvalue weighted by atomic mass is 10.2. The van der Waals surface area contributed by atoms with Gasteiger partial charge in [0.25, 0.3) is 11.5 Å². The zero-order chi connectivity index (χ0) is 28.4. The van der Waals surface area contributed by atoms with Crippen LogP contribution in [0.3, 0.4) is 0 Å². The molecule has 0 atom stereocenters. The van der Waals surface area contributed by atoms with Crippen LogP contribution in [-0.2, 0) is 17.8 Å². The van der Waals surface area contributed by atoms with E-state index < -0.39 is 17.4 Å². The molecule has 212 valence electrons. The molecule has 4 aromatic rings. The van der Waals surface area contributed by atoms with Gasteiger partial charge in [-0.05, 0) is 38.3 Å². The number of H-pyrrole nitrogens is 1. The average molecular weight is 555 g/mol. The molecule has 0 aliphatic heterocycles. The fourth-order valence-corrected chi connectivity index (χ4v) is 4.61. The van der Waals surface area contributed by atoms with Crippen LogP contribution < -0.4 is 16.1 Å². The van der Waals surface area contributed by atoms with E-state index >= 15 is 0 Å². The van der Waals surface area contributed by atoms with Gasteiger partial charge in [-0.2, -0.15) is 9.49 Å². The summed E-state index contributed by atoms with van der Waals surface area (Å²) in [5, 5.41) is 13.7. The predicted octanol–water partition coefficient (Wildman–Crippen LogP) is 1.70. The van der Waals surface area contributed by atoms with Crippen molar-refractivity contribution >= 4 is 22.9 Å². The number of aryl methyl sites for hydroxylation is 2. The van der Waals surface area contributed by atoms with E-state index in [0.717, 1.165) is 25.1 Å². The molecule has 2 N–H and O–H groups in total. The van der Waals surface area contributed by atoms with Gasteiger partial charge in [0.15, 0.2) is 11.5 Å². The number of amides is 1. The number of hydrogen-bond acceptors (Lipinski definition) is 8. The molecule has 13 nitrogen and oxygen atoms in total. The summed E-state index contributed by atoms with van der Waals surface area (Å²) < 4.78 is 23.2. The first-order chi connectivity index (χ1) is 19.4. The number of fused-ring (bicyclic) bond motifs is 1. The summed E-state index contributed by atoms with van der Waals surface area (Å²) in [5.74, 6) is -0.454. The van der Waals surface area contributed by atoms with Crippen molar-refractivity contribution in [2.75, 3.05) is 31.3 Å². The molecule has 40 heavy (non-hydrogen) atoms. The van der Waals surface area contributed by atoms with E-state index in [-0.39, 0.29) is 60.6 Å². The van der Waals surface area contributed by atoms with Gasteiger partial charge in [0.2, 0.25) is 5.95 Å². The molecule has 0 bridgehead atoms. The van der Waals surface area contributed by atoms with Crippen LogP contribution in [0, 0.1) is 5.95 Å². The summed E-state index contributed by atoms with van der Waals surface area (Å²) in [7, 11) is 0. The van der Waals surface area contributed by atoms with Crippen LogP contribution in [0.2, 0.25) is 0 Å². The maximum Gasteiger partial charge on any atom is 0.333 e. The van der Waals surface area contributed by atoms with Crippen molar-refractivity contribution in [3.63, 3.8) is 0 Å². The van der Waals surface area contributed by atoms with Gasteiger partial charge in [-0.15, -0.1) is 0 Å². The number of ether oxygens (including phenoxy) is 1. The second-order valence-electron chi connectivity index (χ2n) is 9.49. The minimum absolute atomic E-state index is 0.0984. The molecule has 4 heterocycles. The molecule has 14 heteroatoms. The van der Waals surface area contributed by atoms with Crippen LogP contribution in [0.15, 0.2) is 34.0 Å². The van der Waals surface area contributed by atoms with Crippen LogP contribution in [0.1, 0.15) is 49.5 Å². The fraction of sp³-hybridized carbons (Fsp3) is 0.462. The zero-order valence-electron chi connectivity index (χ0n) is 22.3. The number of hydrogen-bond donors (Lipinski definition) is 2. The number of aliphatic hydroxyl groups is 1. The number of nitrogens with zero attached hydrogens (tertiary/aromatic N) is 7. The van der Waals surface area contributed by atoms with Crippen molar-refractivity contribution < 1.29 is 19.0 Å². The number of imidazole rings is 1. The molecule has 1 amide bonds. The molecule has 4 aromatic heterocycles. The van der Waals surface area contributed by atoms with Crippen molar-refractivity contribution in [1.29, 1.82) is 0 Å². The number of halogens is 1. The molecule has 1 aliphatic carbocycles. The average Bonchev–Trinajstić information content (AvgIpc) is 3.52. The molecular formula is C26H31FN8O5. The van der Waals surface area contributed by atoms with Crippen molar-refractivity contribution in [3.05, 3.63) is 56.7 Å². The summed E-state index contributed by atoms with van der Waals surface area (Å²) >= 11 is 0. The number of carbonyl (C=O) groups is 1. The highest BCUT2D eigenvalue weighted by Gasteiger charge is 2.30. The van der Waals surface area contributed by atoms with E-state index in [2.05, 4.69) is 20.1 Å². The SMILES string of the molecule is CCCn1c(=O)n(C2CC2)c(=O)c2[nH]c(-c3cc(N(CCOCCO)C(=O)c4ccc(F)nc4)n(CC)n3)nc21. The largest absolute Gasteiger partial charge is 0.394 e. The van der Waals surface area contributed by atoms with E-state index in [9.17, 15) is 18.8 Å². The molecule has 5 rings (SSSR count). The molecule has 0 aromatic carbocycles. The second-order valence-corrected chi connectivity index (χ2v) is 9.49. The van der Waals surface area contributed by atoms with E-state index in [1.165, 1.54) is 20.1 Å². The van der Waals surface area contributed by atoms with Crippen LogP contribution in [0.25, 0.3) is 22.7 Å². The van der Waals surface area contributed by atoms with E-state index in [1.807, 2.05) is 13.8 Å². The smallest absolute Gasteiger partial charge is 0.333 e. The van der Waals surface area contributed by atoms with Gasteiger partial charge < -0.3 is 14.8 Å². The molecule has 1 aliphatic rings.